The van der Waals surface area contributed by atoms with Gasteiger partial charge in [-0.2, -0.15) is 13.2 Å². The van der Waals surface area contributed by atoms with Crippen LogP contribution in [0.2, 0.25) is 10.0 Å². The van der Waals surface area contributed by atoms with Crippen LogP contribution in [0.15, 0.2) is 66.7 Å². The SMILES string of the molecule is CN(C)CCCNCCC(CNC(=O)Nc1cc(Cl)cc(Cl)c1)c1cccc(-c2ccc(C(F)(F)F)cc2)c1. The number of hydrogen-bond donors (Lipinski definition) is 3. The summed E-state index contributed by atoms with van der Waals surface area (Å²) >= 11 is 12.1. The van der Waals surface area contributed by atoms with Gasteiger partial charge in [-0.15, -0.1) is 0 Å². The Labute approximate surface area is 237 Å². The molecular weight excluding hydrogens is 548 g/mol. The predicted molar refractivity (Wildman–Crippen MR) is 154 cm³/mol. The highest BCUT2D eigenvalue weighted by Crippen LogP contribution is 2.32. The zero-order valence-corrected chi connectivity index (χ0v) is 23.4. The summed E-state index contributed by atoms with van der Waals surface area (Å²) in [6.45, 7) is 2.96. The Kier molecular flexibility index (Phi) is 11.5. The van der Waals surface area contributed by atoms with E-state index in [1.807, 2.05) is 38.4 Å². The van der Waals surface area contributed by atoms with Gasteiger partial charge >= 0.3 is 12.2 Å². The third-order valence-corrected chi connectivity index (χ3v) is 6.60. The lowest BCUT2D eigenvalue weighted by molar-refractivity contribution is -0.137. The minimum absolute atomic E-state index is 0.0329. The van der Waals surface area contributed by atoms with Crippen LogP contribution in [0.4, 0.5) is 23.7 Å². The van der Waals surface area contributed by atoms with Crippen molar-refractivity contribution < 1.29 is 18.0 Å². The van der Waals surface area contributed by atoms with Crippen molar-refractivity contribution in [2.24, 2.45) is 0 Å². The van der Waals surface area contributed by atoms with Crippen LogP contribution in [0.25, 0.3) is 11.1 Å². The van der Waals surface area contributed by atoms with E-state index in [0.717, 1.165) is 55.7 Å². The number of urea groups is 1. The van der Waals surface area contributed by atoms with Gasteiger partial charge in [-0.1, -0.05) is 59.6 Å². The Balaban J connectivity index is 1.70. The van der Waals surface area contributed by atoms with E-state index in [1.54, 1.807) is 18.2 Å². The molecule has 3 aromatic rings. The van der Waals surface area contributed by atoms with Crippen LogP contribution >= 0.6 is 23.2 Å². The highest BCUT2D eigenvalue weighted by Gasteiger charge is 2.30. The largest absolute Gasteiger partial charge is 0.416 e. The summed E-state index contributed by atoms with van der Waals surface area (Å²) in [5.74, 6) is -0.0329. The van der Waals surface area contributed by atoms with Crippen LogP contribution in [-0.4, -0.2) is 51.2 Å². The van der Waals surface area contributed by atoms with Crippen molar-refractivity contribution in [2.45, 2.75) is 24.9 Å². The summed E-state index contributed by atoms with van der Waals surface area (Å²) in [6, 6.07) is 17.2. The van der Waals surface area contributed by atoms with Crippen molar-refractivity contribution in [3.8, 4) is 11.1 Å². The topological polar surface area (TPSA) is 56.4 Å². The number of nitrogens with zero attached hydrogens (tertiary/aromatic N) is 1. The van der Waals surface area contributed by atoms with Crippen LogP contribution in [0.3, 0.4) is 0 Å². The first-order chi connectivity index (χ1) is 18.5. The highest BCUT2D eigenvalue weighted by atomic mass is 35.5. The Morgan fingerprint density at radius 1 is 0.923 bits per heavy atom. The van der Waals surface area contributed by atoms with E-state index >= 15 is 0 Å². The molecule has 0 radical (unpaired) electrons. The van der Waals surface area contributed by atoms with Crippen molar-refractivity contribution >= 4 is 34.9 Å². The molecule has 0 aliphatic heterocycles. The van der Waals surface area contributed by atoms with Crippen LogP contribution in [0, 0.1) is 0 Å². The molecule has 3 rings (SSSR count). The predicted octanol–water partition coefficient (Wildman–Crippen LogP) is 7.52. The smallest absolute Gasteiger partial charge is 0.337 e. The molecule has 3 N–H and O–H groups in total. The fourth-order valence-electron chi connectivity index (χ4n) is 4.15. The molecule has 1 atom stereocenters. The van der Waals surface area contributed by atoms with Gasteiger partial charge in [0, 0.05) is 28.2 Å². The van der Waals surface area contributed by atoms with Crippen molar-refractivity contribution in [2.75, 3.05) is 45.6 Å². The maximum Gasteiger partial charge on any atom is 0.416 e. The Morgan fingerprint density at radius 2 is 1.62 bits per heavy atom. The Morgan fingerprint density at radius 3 is 2.26 bits per heavy atom. The lowest BCUT2D eigenvalue weighted by Gasteiger charge is -2.20. The van der Waals surface area contributed by atoms with Gasteiger partial charge in [0.05, 0.1) is 5.56 Å². The first-order valence-electron chi connectivity index (χ1n) is 12.7. The van der Waals surface area contributed by atoms with E-state index in [4.69, 9.17) is 23.2 Å². The summed E-state index contributed by atoms with van der Waals surface area (Å²) in [5, 5.41) is 9.95. The normalized spacial score (nSPS) is 12.4. The van der Waals surface area contributed by atoms with E-state index < -0.39 is 17.8 Å². The van der Waals surface area contributed by atoms with Crippen molar-refractivity contribution in [3.63, 3.8) is 0 Å². The van der Waals surface area contributed by atoms with Gasteiger partial charge in [0.25, 0.3) is 0 Å². The number of anilines is 1. The maximum absolute atomic E-state index is 13.0. The van der Waals surface area contributed by atoms with Gasteiger partial charge < -0.3 is 20.9 Å². The van der Waals surface area contributed by atoms with E-state index in [0.29, 0.717) is 27.8 Å². The van der Waals surface area contributed by atoms with Gasteiger partial charge in [0.2, 0.25) is 0 Å². The average molecular weight is 582 g/mol. The maximum atomic E-state index is 13.0. The lowest BCUT2D eigenvalue weighted by atomic mass is 9.92. The molecule has 0 bridgehead atoms. The van der Waals surface area contributed by atoms with E-state index in [9.17, 15) is 18.0 Å². The molecule has 39 heavy (non-hydrogen) atoms. The molecule has 0 aliphatic carbocycles. The zero-order chi connectivity index (χ0) is 28.4. The van der Waals surface area contributed by atoms with Crippen molar-refractivity contribution in [1.82, 2.24) is 15.5 Å². The summed E-state index contributed by atoms with van der Waals surface area (Å²) in [4.78, 5) is 14.8. The molecule has 0 spiro atoms. The molecule has 10 heteroatoms. The standard InChI is InChI=1S/C29H33Cl2F3N4O/c1-38(2)14-4-12-35-13-11-23(19-36-28(39)37-27-17-25(30)16-26(31)18-27)22-6-3-5-21(15-22)20-7-9-24(10-8-20)29(32,33)34/h3,5-10,15-18,23,35H,4,11-14,19H2,1-2H3,(H2,36,37,39). The monoisotopic (exact) mass is 580 g/mol. The zero-order valence-electron chi connectivity index (χ0n) is 21.9. The van der Waals surface area contributed by atoms with Gasteiger partial charge in [0.15, 0.2) is 0 Å². The number of nitrogens with one attached hydrogen (secondary N) is 3. The number of hydrogen-bond acceptors (Lipinski definition) is 3. The average Bonchev–Trinajstić information content (AvgIpc) is 2.86. The fourth-order valence-corrected chi connectivity index (χ4v) is 4.68. The number of carbonyl (C=O) groups is 1. The van der Waals surface area contributed by atoms with Crippen LogP contribution in [0.5, 0.6) is 0 Å². The number of carbonyl (C=O) groups excluding carboxylic acids is 1. The molecule has 210 valence electrons. The molecular formula is C29H33Cl2F3N4O. The van der Waals surface area contributed by atoms with E-state index in [-0.39, 0.29) is 5.92 Å². The second kappa shape index (κ2) is 14.6. The Hall–Kier alpha value is -2.78. The second-order valence-electron chi connectivity index (χ2n) is 9.59. The molecule has 5 nitrogen and oxygen atoms in total. The summed E-state index contributed by atoms with van der Waals surface area (Å²) in [5.41, 5.74) is 2.27. The van der Waals surface area contributed by atoms with Gasteiger partial charge in [0.1, 0.15) is 0 Å². The molecule has 0 saturated heterocycles. The Bertz CT molecular complexity index is 1200. The third kappa shape index (κ3) is 10.4. The molecule has 2 amide bonds. The third-order valence-electron chi connectivity index (χ3n) is 6.16. The summed E-state index contributed by atoms with van der Waals surface area (Å²) in [6.07, 6.45) is -2.61. The first-order valence-corrected chi connectivity index (χ1v) is 13.4. The molecule has 0 aliphatic rings. The van der Waals surface area contributed by atoms with Gasteiger partial charge in [-0.05, 0) is 93.6 Å². The number of amides is 2. The van der Waals surface area contributed by atoms with Crippen LogP contribution in [0.1, 0.15) is 29.9 Å². The molecule has 0 aromatic heterocycles. The number of halogens is 5. The van der Waals surface area contributed by atoms with E-state index in [2.05, 4.69) is 20.9 Å². The van der Waals surface area contributed by atoms with Gasteiger partial charge in [-0.25, -0.2) is 4.79 Å². The molecule has 0 fully saturated rings. The number of benzene rings is 3. The molecule has 0 saturated carbocycles. The fraction of sp³-hybridized carbons (Fsp3) is 0.345. The van der Waals surface area contributed by atoms with Crippen LogP contribution < -0.4 is 16.0 Å². The first kappa shape index (κ1) is 30.8. The quantitative estimate of drug-likeness (QED) is 0.194. The lowest BCUT2D eigenvalue weighted by Crippen LogP contribution is -2.33. The van der Waals surface area contributed by atoms with Crippen molar-refractivity contribution in [1.29, 1.82) is 0 Å². The van der Waals surface area contributed by atoms with Gasteiger partial charge in [-0.3, -0.25) is 0 Å². The molecule has 1 unspecified atom stereocenters. The number of rotatable bonds is 12. The molecule has 3 aromatic carbocycles. The molecule has 0 heterocycles. The van der Waals surface area contributed by atoms with Crippen LogP contribution in [-0.2, 0) is 6.18 Å². The summed E-state index contributed by atoms with van der Waals surface area (Å²) < 4.78 is 39.0. The highest BCUT2D eigenvalue weighted by molar-refractivity contribution is 6.35. The minimum atomic E-state index is -4.38. The van der Waals surface area contributed by atoms with E-state index in [1.165, 1.54) is 12.1 Å². The second-order valence-corrected chi connectivity index (χ2v) is 10.5. The minimum Gasteiger partial charge on any atom is -0.337 e. The van der Waals surface area contributed by atoms with Crippen molar-refractivity contribution in [3.05, 3.63) is 87.9 Å². The number of alkyl halides is 3. The summed E-state index contributed by atoms with van der Waals surface area (Å²) in [7, 11) is 4.07.